The standard InChI is InChI=1S/C13H19F6NO2/c1-10(12(14,15)16,13(17,18)19)22-9-6-11(8-21-2)4-3-5-20(11)7-9/h9H,3-8H2,1-2H3/t9-,11-/m0/s1. The summed E-state index contributed by atoms with van der Waals surface area (Å²) in [5.74, 6) is 0. The van der Waals surface area contributed by atoms with Crippen LogP contribution in [0.4, 0.5) is 26.3 Å². The van der Waals surface area contributed by atoms with Gasteiger partial charge in [0.25, 0.3) is 5.60 Å². The Morgan fingerprint density at radius 2 is 1.73 bits per heavy atom. The van der Waals surface area contributed by atoms with Crippen molar-refractivity contribution in [2.75, 3.05) is 26.8 Å². The fraction of sp³-hybridized carbons (Fsp3) is 1.00. The van der Waals surface area contributed by atoms with Crippen LogP contribution in [0, 0.1) is 0 Å². The number of ether oxygens (including phenoxy) is 2. The number of alkyl halides is 6. The largest absolute Gasteiger partial charge is 0.426 e. The van der Waals surface area contributed by atoms with E-state index in [1.807, 2.05) is 4.90 Å². The highest BCUT2D eigenvalue weighted by Gasteiger charge is 2.70. The van der Waals surface area contributed by atoms with Crippen molar-refractivity contribution in [1.82, 2.24) is 4.90 Å². The van der Waals surface area contributed by atoms with Crippen LogP contribution in [-0.2, 0) is 9.47 Å². The van der Waals surface area contributed by atoms with E-state index in [1.54, 1.807) is 0 Å². The predicted octanol–water partition coefficient (Wildman–Crippen LogP) is 3.14. The molecule has 0 N–H and O–H groups in total. The van der Waals surface area contributed by atoms with Crippen molar-refractivity contribution in [3.8, 4) is 0 Å². The van der Waals surface area contributed by atoms with Gasteiger partial charge in [-0.05, 0) is 32.7 Å². The lowest BCUT2D eigenvalue weighted by Crippen LogP contribution is -2.58. The number of fused-ring (bicyclic) bond motifs is 1. The van der Waals surface area contributed by atoms with Crippen molar-refractivity contribution in [3.05, 3.63) is 0 Å². The highest BCUT2D eigenvalue weighted by atomic mass is 19.4. The van der Waals surface area contributed by atoms with E-state index in [0.29, 0.717) is 13.0 Å². The first-order valence-corrected chi connectivity index (χ1v) is 7.00. The summed E-state index contributed by atoms with van der Waals surface area (Å²) in [6, 6.07) is 0. The molecule has 9 heteroatoms. The van der Waals surface area contributed by atoms with Gasteiger partial charge in [-0.3, -0.25) is 4.90 Å². The number of halogens is 6. The summed E-state index contributed by atoms with van der Waals surface area (Å²) < 4.78 is 87.1. The molecular formula is C13H19F6NO2. The van der Waals surface area contributed by atoms with Crippen molar-refractivity contribution in [3.63, 3.8) is 0 Å². The number of hydrogen-bond acceptors (Lipinski definition) is 3. The molecule has 2 saturated heterocycles. The van der Waals surface area contributed by atoms with Crippen LogP contribution >= 0.6 is 0 Å². The molecule has 2 heterocycles. The van der Waals surface area contributed by atoms with E-state index in [0.717, 1.165) is 6.42 Å². The molecule has 0 bridgehead atoms. The van der Waals surface area contributed by atoms with Crippen LogP contribution < -0.4 is 0 Å². The van der Waals surface area contributed by atoms with E-state index in [4.69, 9.17) is 4.74 Å². The average molecular weight is 335 g/mol. The van der Waals surface area contributed by atoms with Crippen molar-refractivity contribution >= 4 is 0 Å². The smallest absolute Gasteiger partial charge is 0.383 e. The molecule has 0 aromatic carbocycles. The van der Waals surface area contributed by atoms with Gasteiger partial charge in [0, 0.05) is 19.2 Å². The molecule has 22 heavy (non-hydrogen) atoms. The van der Waals surface area contributed by atoms with Crippen molar-refractivity contribution in [2.45, 2.75) is 55.8 Å². The Labute approximate surface area is 124 Å². The molecule has 2 fully saturated rings. The van der Waals surface area contributed by atoms with Gasteiger partial charge in [0.15, 0.2) is 0 Å². The molecule has 0 amide bonds. The van der Waals surface area contributed by atoms with E-state index in [1.165, 1.54) is 7.11 Å². The molecule has 0 aliphatic carbocycles. The lowest BCUT2D eigenvalue weighted by molar-refractivity contribution is -0.382. The van der Waals surface area contributed by atoms with Crippen LogP contribution in [-0.4, -0.2) is 61.3 Å². The molecule has 3 nitrogen and oxygen atoms in total. The van der Waals surface area contributed by atoms with Gasteiger partial charge in [-0.25, -0.2) is 0 Å². The van der Waals surface area contributed by atoms with Crippen molar-refractivity contribution in [2.24, 2.45) is 0 Å². The van der Waals surface area contributed by atoms with Gasteiger partial charge < -0.3 is 9.47 Å². The average Bonchev–Trinajstić information content (AvgIpc) is 2.82. The van der Waals surface area contributed by atoms with Crippen LogP contribution in [0.1, 0.15) is 26.2 Å². The minimum atomic E-state index is -5.52. The monoisotopic (exact) mass is 335 g/mol. The normalized spacial score (nSPS) is 30.8. The van der Waals surface area contributed by atoms with Crippen molar-refractivity contribution < 1.29 is 35.8 Å². The third-order valence-electron chi connectivity index (χ3n) is 4.67. The van der Waals surface area contributed by atoms with E-state index >= 15 is 0 Å². The third-order valence-corrected chi connectivity index (χ3v) is 4.67. The quantitative estimate of drug-likeness (QED) is 0.737. The summed E-state index contributed by atoms with van der Waals surface area (Å²) in [6.07, 6.45) is -10.5. The zero-order valence-corrected chi connectivity index (χ0v) is 12.4. The van der Waals surface area contributed by atoms with Crippen LogP contribution in [0.15, 0.2) is 0 Å². The molecule has 2 aliphatic rings. The molecule has 0 spiro atoms. The zero-order valence-electron chi connectivity index (χ0n) is 12.4. The summed E-state index contributed by atoms with van der Waals surface area (Å²) in [4.78, 5) is 1.88. The third kappa shape index (κ3) is 2.82. The molecule has 0 unspecified atom stereocenters. The Bertz CT molecular complexity index is 396. The Balaban J connectivity index is 2.17. The molecule has 0 radical (unpaired) electrons. The number of hydrogen-bond donors (Lipinski definition) is 0. The van der Waals surface area contributed by atoms with Gasteiger partial charge >= 0.3 is 12.4 Å². The maximum absolute atomic E-state index is 12.9. The molecule has 2 rings (SSSR count). The van der Waals surface area contributed by atoms with Crippen LogP contribution in [0.5, 0.6) is 0 Å². The first kappa shape index (κ1) is 17.8. The summed E-state index contributed by atoms with van der Waals surface area (Å²) in [5.41, 5.74) is -4.66. The van der Waals surface area contributed by atoms with Gasteiger partial charge in [-0.15, -0.1) is 0 Å². The summed E-state index contributed by atoms with van der Waals surface area (Å²) in [7, 11) is 1.47. The SMILES string of the molecule is COC[C@@]12CCCN1C[C@@H](OC(C)(C(F)(F)F)C(F)(F)F)C2. The molecule has 2 aliphatic heterocycles. The molecule has 0 saturated carbocycles. The van der Waals surface area contributed by atoms with E-state index in [2.05, 4.69) is 4.74 Å². The summed E-state index contributed by atoms with van der Waals surface area (Å²) in [5, 5.41) is 0. The Kier molecular flexibility index (Phi) is 4.47. The van der Waals surface area contributed by atoms with Gasteiger partial charge in [-0.2, -0.15) is 26.3 Å². The fourth-order valence-corrected chi connectivity index (χ4v) is 3.44. The molecule has 2 atom stereocenters. The Hall–Kier alpha value is -0.540. The first-order chi connectivity index (χ1) is 9.95. The van der Waals surface area contributed by atoms with E-state index in [9.17, 15) is 26.3 Å². The minimum absolute atomic E-state index is 0.0550. The van der Waals surface area contributed by atoms with Gasteiger partial charge in [0.1, 0.15) is 0 Å². The molecule has 130 valence electrons. The van der Waals surface area contributed by atoms with Crippen LogP contribution in [0.25, 0.3) is 0 Å². The lowest BCUT2D eigenvalue weighted by Gasteiger charge is -2.36. The second-order valence-electron chi connectivity index (χ2n) is 6.18. The van der Waals surface area contributed by atoms with Crippen LogP contribution in [0.3, 0.4) is 0 Å². The maximum Gasteiger partial charge on any atom is 0.426 e. The predicted molar refractivity (Wildman–Crippen MR) is 65.4 cm³/mol. The topological polar surface area (TPSA) is 21.7 Å². The maximum atomic E-state index is 12.9. The zero-order chi connectivity index (χ0) is 16.8. The van der Waals surface area contributed by atoms with E-state index < -0.39 is 29.6 Å². The highest BCUT2D eigenvalue weighted by molar-refractivity contribution is 5.05. The summed E-state index contributed by atoms with van der Waals surface area (Å²) in [6.45, 7) is 1.03. The Morgan fingerprint density at radius 1 is 1.14 bits per heavy atom. The Morgan fingerprint density at radius 3 is 2.23 bits per heavy atom. The van der Waals surface area contributed by atoms with Gasteiger partial charge in [0.2, 0.25) is 0 Å². The number of methoxy groups -OCH3 is 1. The summed E-state index contributed by atoms with van der Waals surface area (Å²) >= 11 is 0. The highest BCUT2D eigenvalue weighted by Crippen LogP contribution is 2.49. The second kappa shape index (κ2) is 5.52. The molecular weight excluding hydrogens is 316 g/mol. The first-order valence-electron chi connectivity index (χ1n) is 7.00. The molecule has 0 aromatic rings. The van der Waals surface area contributed by atoms with Gasteiger partial charge in [0.05, 0.1) is 12.7 Å². The van der Waals surface area contributed by atoms with E-state index in [-0.39, 0.29) is 26.5 Å². The van der Waals surface area contributed by atoms with Crippen LogP contribution in [0.2, 0.25) is 0 Å². The van der Waals surface area contributed by atoms with Crippen molar-refractivity contribution in [1.29, 1.82) is 0 Å². The number of nitrogens with zero attached hydrogens (tertiary/aromatic N) is 1. The van der Waals surface area contributed by atoms with Gasteiger partial charge in [-0.1, -0.05) is 0 Å². The fourth-order valence-electron chi connectivity index (χ4n) is 3.44. The molecule has 0 aromatic heterocycles. The minimum Gasteiger partial charge on any atom is -0.383 e. The number of rotatable bonds is 4. The lowest BCUT2D eigenvalue weighted by atomic mass is 9.94. The second-order valence-corrected chi connectivity index (χ2v) is 6.18.